The third-order valence-corrected chi connectivity index (χ3v) is 4.43. The summed E-state index contributed by atoms with van der Waals surface area (Å²) < 4.78 is 13.8. The van der Waals surface area contributed by atoms with E-state index in [4.69, 9.17) is 9.47 Å². The number of piperidine rings is 1. The number of hydrogen-bond donors (Lipinski definition) is 0. The number of imidazole rings is 1. The molecule has 2 aliphatic heterocycles. The van der Waals surface area contributed by atoms with Gasteiger partial charge in [0.25, 0.3) is 0 Å². The van der Waals surface area contributed by atoms with Crippen LogP contribution in [-0.2, 0) is 16.0 Å². The molecule has 0 aliphatic carbocycles. The van der Waals surface area contributed by atoms with Crippen molar-refractivity contribution in [3.05, 3.63) is 18.2 Å². The molecular formula is C15H25N3O2. The monoisotopic (exact) mass is 279 g/mol. The first-order valence-corrected chi connectivity index (χ1v) is 7.65. The minimum Gasteiger partial charge on any atom is -0.347 e. The van der Waals surface area contributed by atoms with Crippen molar-refractivity contribution in [1.29, 1.82) is 0 Å². The summed E-state index contributed by atoms with van der Waals surface area (Å²) in [6.45, 7) is 10.2. The smallest absolute Gasteiger partial charge is 0.170 e. The molecule has 112 valence electrons. The molecule has 0 N–H and O–H groups in total. The van der Waals surface area contributed by atoms with E-state index in [1.165, 1.54) is 0 Å². The number of nitrogens with zero attached hydrogens (tertiary/aromatic N) is 3. The van der Waals surface area contributed by atoms with Crippen molar-refractivity contribution in [2.45, 2.75) is 39.0 Å². The van der Waals surface area contributed by atoms with Crippen LogP contribution in [0.25, 0.3) is 0 Å². The Hall–Kier alpha value is -0.910. The summed E-state index contributed by atoms with van der Waals surface area (Å²) in [6, 6.07) is 0. The Balaban J connectivity index is 1.46. The number of ether oxygens (including phenoxy) is 2. The molecule has 5 nitrogen and oxygen atoms in total. The molecule has 1 aromatic rings. The van der Waals surface area contributed by atoms with Crippen molar-refractivity contribution >= 4 is 0 Å². The highest BCUT2D eigenvalue weighted by Gasteiger charge is 2.39. The van der Waals surface area contributed by atoms with Gasteiger partial charge in [0.15, 0.2) is 5.79 Å². The second-order valence-corrected chi connectivity index (χ2v) is 6.14. The van der Waals surface area contributed by atoms with E-state index in [2.05, 4.69) is 34.5 Å². The van der Waals surface area contributed by atoms with Gasteiger partial charge < -0.3 is 18.9 Å². The van der Waals surface area contributed by atoms with Gasteiger partial charge in [-0.15, -0.1) is 0 Å². The number of aryl methyl sites for hydroxylation is 1. The molecule has 3 rings (SSSR count). The predicted molar refractivity (Wildman–Crippen MR) is 76.4 cm³/mol. The van der Waals surface area contributed by atoms with Gasteiger partial charge >= 0.3 is 0 Å². The first-order valence-electron chi connectivity index (χ1n) is 7.65. The summed E-state index contributed by atoms with van der Waals surface area (Å²) in [6.07, 6.45) is 5.95. The van der Waals surface area contributed by atoms with Crippen molar-refractivity contribution in [1.82, 2.24) is 14.5 Å². The Morgan fingerprint density at radius 1 is 1.25 bits per heavy atom. The molecule has 1 spiro atoms. The van der Waals surface area contributed by atoms with Crippen LogP contribution in [0.4, 0.5) is 0 Å². The maximum absolute atomic E-state index is 5.77. The topological polar surface area (TPSA) is 39.5 Å². The van der Waals surface area contributed by atoms with Crippen LogP contribution in [0, 0.1) is 12.8 Å². The largest absolute Gasteiger partial charge is 0.347 e. The van der Waals surface area contributed by atoms with Crippen molar-refractivity contribution < 1.29 is 9.47 Å². The fraction of sp³-hybridized carbons (Fsp3) is 0.800. The molecule has 20 heavy (non-hydrogen) atoms. The van der Waals surface area contributed by atoms with Gasteiger partial charge in [-0.25, -0.2) is 4.98 Å². The van der Waals surface area contributed by atoms with Crippen LogP contribution in [0.5, 0.6) is 0 Å². The van der Waals surface area contributed by atoms with Crippen LogP contribution >= 0.6 is 0 Å². The van der Waals surface area contributed by atoms with Gasteiger partial charge in [-0.05, 0) is 12.8 Å². The number of aromatic nitrogens is 2. The molecule has 2 fully saturated rings. The van der Waals surface area contributed by atoms with Gasteiger partial charge in [0.2, 0.25) is 0 Å². The SMILES string of the molecule is Cc1nccn1C[C@@H](C)CN1CCC2(CC1)OCCO2. The summed E-state index contributed by atoms with van der Waals surface area (Å²) in [4.78, 5) is 6.82. The molecule has 2 aliphatic rings. The molecule has 5 heteroatoms. The van der Waals surface area contributed by atoms with Gasteiger partial charge in [0.05, 0.1) is 13.2 Å². The van der Waals surface area contributed by atoms with Crippen LogP contribution in [0.1, 0.15) is 25.6 Å². The van der Waals surface area contributed by atoms with E-state index in [1.54, 1.807) is 0 Å². The minimum absolute atomic E-state index is 0.249. The van der Waals surface area contributed by atoms with Gasteiger partial charge in [-0.2, -0.15) is 0 Å². The fourth-order valence-electron chi connectivity index (χ4n) is 3.29. The molecule has 0 saturated carbocycles. The first kappa shape index (κ1) is 14.0. The molecule has 0 aromatic carbocycles. The summed E-state index contributed by atoms with van der Waals surface area (Å²) in [5.41, 5.74) is 0. The van der Waals surface area contributed by atoms with E-state index in [0.717, 1.165) is 58.1 Å². The number of likely N-dealkylation sites (tertiary alicyclic amines) is 1. The Kier molecular flexibility index (Phi) is 4.10. The average Bonchev–Trinajstić information content (AvgIpc) is 3.04. The summed E-state index contributed by atoms with van der Waals surface area (Å²) in [5.74, 6) is 1.48. The van der Waals surface area contributed by atoms with Crippen molar-refractivity contribution in [2.75, 3.05) is 32.8 Å². The van der Waals surface area contributed by atoms with E-state index < -0.39 is 0 Å². The van der Waals surface area contributed by atoms with E-state index in [1.807, 2.05) is 6.20 Å². The lowest BCUT2D eigenvalue weighted by atomic mass is 10.0. The Bertz CT molecular complexity index is 430. The maximum atomic E-state index is 5.77. The summed E-state index contributed by atoms with van der Waals surface area (Å²) in [5, 5.41) is 0. The van der Waals surface area contributed by atoms with Crippen LogP contribution in [0.15, 0.2) is 12.4 Å². The zero-order valence-electron chi connectivity index (χ0n) is 12.5. The number of rotatable bonds is 4. The zero-order valence-corrected chi connectivity index (χ0v) is 12.5. The third kappa shape index (κ3) is 3.05. The van der Waals surface area contributed by atoms with Gasteiger partial charge in [0, 0.05) is 51.4 Å². The van der Waals surface area contributed by atoms with Crippen LogP contribution < -0.4 is 0 Å². The fourth-order valence-corrected chi connectivity index (χ4v) is 3.29. The Morgan fingerprint density at radius 3 is 2.55 bits per heavy atom. The molecule has 0 amide bonds. The highest BCUT2D eigenvalue weighted by Crippen LogP contribution is 2.31. The molecule has 3 heterocycles. The van der Waals surface area contributed by atoms with Crippen molar-refractivity contribution in [3.63, 3.8) is 0 Å². The molecule has 2 saturated heterocycles. The molecule has 1 aromatic heterocycles. The molecular weight excluding hydrogens is 254 g/mol. The standard InChI is InChI=1S/C15H25N3O2/c1-13(12-18-8-5-16-14(18)2)11-17-6-3-15(4-7-17)19-9-10-20-15/h5,8,13H,3-4,6-7,9-12H2,1-2H3/t13-/m0/s1. The molecule has 0 unspecified atom stereocenters. The highest BCUT2D eigenvalue weighted by molar-refractivity contribution is 4.89. The van der Waals surface area contributed by atoms with Gasteiger partial charge in [-0.3, -0.25) is 0 Å². The van der Waals surface area contributed by atoms with Gasteiger partial charge in [-0.1, -0.05) is 6.92 Å². The average molecular weight is 279 g/mol. The molecule has 0 radical (unpaired) electrons. The van der Waals surface area contributed by atoms with E-state index >= 15 is 0 Å². The van der Waals surface area contributed by atoms with E-state index in [0.29, 0.717) is 5.92 Å². The van der Waals surface area contributed by atoms with Gasteiger partial charge in [0.1, 0.15) is 5.82 Å². The van der Waals surface area contributed by atoms with Crippen LogP contribution in [-0.4, -0.2) is 53.1 Å². The lowest BCUT2D eigenvalue weighted by Crippen LogP contribution is -2.46. The second-order valence-electron chi connectivity index (χ2n) is 6.14. The van der Waals surface area contributed by atoms with Crippen LogP contribution in [0.2, 0.25) is 0 Å². The third-order valence-electron chi connectivity index (χ3n) is 4.43. The Morgan fingerprint density at radius 2 is 1.95 bits per heavy atom. The minimum atomic E-state index is -0.249. The van der Waals surface area contributed by atoms with Crippen LogP contribution in [0.3, 0.4) is 0 Å². The highest BCUT2D eigenvalue weighted by atomic mass is 16.7. The maximum Gasteiger partial charge on any atom is 0.170 e. The van der Waals surface area contributed by atoms with Crippen molar-refractivity contribution in [2.24, 2.45) is 5.92 Å². The zero-order chi connectivity index (χ0) is 14.0. The Labute approximate surface area is 120 Å². The first-order chi connectivity index (χ1) is 9.67. The summed E-state index contributed by atoms with van der Waals surface area (Å²) >= 11 is 0. The summed E-state index contributed by atoms with van der Waals surface area (Å²) in [7, 11) is 0. The van der Waals surface area contributed by atoms with E-state index in [9.17, 15) is 0 Å². The number of hydrogen-bond acceptors (Lipinski definition) is 4. The normalized spacial score (nSPS) is 24.3. The lowest BCUT2D eigenvalue weighted by molar-refractivity contribution is -0.185. The lowest BCUT2D eigenvalue weighted by Gasteiger charge is -2.38. The molecule has 0 bridgehead atoms. The predicted octanol–water partition coefficient (Wildman–Crippen LogP) is 1.67. The van der Waals surface area contributed by atoms with Crippen molar-refractivity contribution in [3.8, 4) is 0 Å². The quantitative estimate of drug-likeness (QED) is 0.840. The second kappa shape index (κ2) is 5.84. The van der Waals surface area contributed by atoms with E-state index in [-0.39, 0.29) is 5.79 Å². The molecule has 1 atom stereocenters.